The molecule has 0 atom stereocenters. The Labute approximate surface area is 354 Å². The van der Waals surface area contributed by atoms with Crippen LogP contribution in [0.15, 0.2) is 224 Å². The SMILES string of the molecule is Cc1ccc(-n2c3ccccc3c3cc(N(c4ccccc4)c4ccc(-n5c6ccccc6c6ccc7cc(-c8ccccc8)n(-c8ccccc8)c7c65)cc4)ccc32)cc1. The van der Waals surface area contributed by atoms with Gasteiger partial charge in [-0.25, -0.2) is 0 Å². The lowest BCUT2D eigenvalue weighted by Crippen LogP contribution is -2.10. The quantitative estimate of drug-likeness (QED) is 0.158. The molecule has 0 radical (unpaired) electrons. The van der Waals surface area contributed by atoms with Gasteiger partial charge in [-0.1, -0.05) is 133 Å². The van der Waals surface area contributed by atoms with Crippen molar-refractivity contribution in [3.05, 3.63) is 230 Å². The van der Waals surface area contributed by atoms with Crippen LogP contribution in [-0.4, -0.2) is 13.7 Å². The molecule has 4 heteroatoms. The van der Waals surface area contributed by atoms with Gasteiger partial charge in [0.2, 0.25) is 0 Å². The largest absolute Gasteiger partial charge is 0.310 e. The van der Waals surface area contributed by atoms with E-state index in [-0.39, 0.29) is 0 Å². The molecule has 0 saturated heterocycles. The molecule has 4 nitrogen and oxygen atoms in total. The lowest BCUT2D eigenvalue weighted by Gasteiger charge is -2.26. The fraction of sp³-hybridized carbons (Fsp3) is 0.0175. The van der Waals surface area contributed by atoms with Gasteiger partial charge >= 0.3 is 0 Å². The third-order valence-corrected chi connectivity index (χ3v) is 12.3. The average Bonchev–Trinajstić information content (AvgIpc) is 3.99. The van der Waals surface area contributed by atoms with Crippen molar-refractivity contribution in [2.75, 3.05) is 4.90 Å². The third-order valence-electron chi connectivity index (χ3n) is 12.3. The van der Waals surface area contributed by atoms with Crippen LogP contribution in [0.5, 0.6) is 0 Å². The van der Waals surface area contributed by atoms with Crippen LogP contribution >= 0.6 is 0 Å². The summed E-state index contributed by atoms with van der Waals surface area (Å²) in [5.41, 5.74) is 16.2. The Hall–Kier alpha value is -8.08. The number of anilines is 3. The molecular formula is C57H40N4. The first-order valence-electron chi connectivity index (χ1n) is 20.9. The Morgan fingerprint density at radius 3 is 1.57 bits per heavy atom. The first-order chi connectivity index (χ1) is 30.2. The molecule has 12 rings (SSSR count). The molecule has 0 N–H and O–H groups in total. The molecule has 12 aromatic rings. The highest BCUT2D eigenvalue weighted by Crippen LogP contribution is 2.43. The maximum Gasteiger partial charge on any atom is 0.0788 e. The van der Waals surface area contributed by atoms with E-state index in [1.54, 1.807) is 0 Å². The van der Waals surface area contributed by atoms with Crippen LogP contribution < -0.4 is 4.90 Å². The Kier molecular flexibility index (Phi) is 8.04. The van der Waals surface area contributed by atoms with E-state index in [9.17, 15) is 0 Å². The van der Waals surface area contributed by atoms with Crippen LogP contribution in [0.25, 0.3) is 82.8 Å². The lowest BCUT2D eigenvalue weighted by molar-refractivity contribution is 1.12. The molecule has 3 aromatic heterocycles. The monoisotopic (exact) mass is 780 g/mol. The maximum atomic E-state index is 2.46. The van der Waals surface area contributed by atoms with Gasteiger partial charge in [0.1, 0.15) is 0 Å². The van der Waals surface area contributed by atoms with Crippen molar-refractivity contribution < 1.29 is 0 Å². The van der Waals surface area contributed by atoms with Gasteiger partial charge in [0.25, 0.3) is 0 Å². The van der Waals surface area contributed by atoms with Crippen molar-refractivity contribution in [2.24, 2.45) is 0 Å². The number of nitrogens with zero attached hydrogens (tertiary/aromatic N) is 4. The first-order valence-corrected chi connectivity index (χ1v) is 20.9. The molecule has 0 fully saturated rings. The second-order valence-corrected chi connectivity index (χ2v) is 15.9. The number of benzene rings is 9. The summed E-state index contributed by atoms with van der Waals surface area (Å²) >= 11 is 0. The molecule has 0 unspecified atom stereocenters. The van der Waals surface area contributed by atoms with Gasteiger partial charge in [0.05, 0.1) is 33.3 Å². The van der Waals surface area contributed by atoms with Crippen molar-refractivity contribution in [1.29, 1.82) is 0 Å². The Morgan fingerprint density at radius 1 is 0.328 bits per heavy atom. The van der Waals surface area contributed by atoms with E-state index in [1.165, 1.54) is 71.3 Å². The molecule has 0 aliphatic carbocycles. The van der Waals surface area contributed by atoms with E-state index in [0.717, 1.165) is 34.1 Å². The fourth-order valence-electron chi connectivity index (χ4n) is 9.52. The standard InChI is InChI=1S/C57H40N4/c1-39-25-28-45(29-26-39)59-52-23-13-12-22-49(52)51-38-47(34-36-54(51)59)58(42-17-7-3-8-18-42)44-30-32-46(33-31-44)60-53-24-14-11-21-48(53)50-35-27-41-37-55(40-15-5-2-6-16-40)61(56(41)57(50)60)43-19-9-4-10-20-43/h2-38H,1H3. The lowest BCUT2D eigenvalue weighted by atomic mass is 10.1. The number of rotatable bonds is 7. The van der Waals surface area contributed by atoms with Crippen molar-refractivity contribution in [3.8, 4) is 28.3 Å². The summed E-state index contributed by atoms with van der Waals surface area (Å²) in [4.78, 5) is 2.37. The minimum absolute atomic E-state index is 1.08. The summed E-state index contributed by atoms with van der Waals surface area (Å²) in [6.07, 6.45) is 0. The number of fused-ring (bicyclic) bond motifs is 8. The minimum Gasteiger partial charge on any atom is -0.310 e. The van der Waals surface area contributed by atoms with Crippen LogP contribution in [0, 0.1) is 6.92 Å². The molecule has 3 heterocycles. The van der Waals surface area contributed by atoms with E-state index in [1.807, 2.05) is 0 Å². The van der Waals surface area contributed by atoms with Crippen LogP contribution in [0.3, 0.4) is 0 Å². The highest BCUT2D eigenvalue weighted by atomic mass is 15.1. The van der Waals surface area contributed by atoms with Crippen LogP contribution in [0.4, 0.5) is 17.1 Å². The van der Waals surface area contributed by atoms with Crippen LogP contribution in [-0.2, 0) is 0 Å². The van der Waals surface area contributed by atoms with Crippen LogP contribution in [0.1, 0.15) is 5.56 Å². The number of aromatic nitrogens is 3. The van der Waals surface area contributed by atoms with Gasteiger partial charge in [-0.2, -0.15) is 0 Å². The highest BCUT2D eigenvalue weighted by molar-refractivity contribution is 6.19. The summed E-state index contributed by atoms with van der Waals surface area (Å²) in [6, 6.07) is 81.5. The zero-order valence-electron chi connectivity index (χ0n) is 33.7. The van der Waals surface area contributed by atoms with Crippen LogP contribution in [0.2, 0.25) is 0 Å². The predicted octanol–water partition coefficient (Wildman–Crippen LogP) is 15.3. The van der Waals surface area contributed by atoms with Gasteiger partial charge in [-0.15, -0.1) is 0 Å². The minimum atomic E-state index is 1.08. The number of aryl methyl sites for hydroxylation is 1. The van der Waals surface area contributed by atoms with Gasteiger partial charge in [0, 0.05) is 61.1 Å². The predicted molar refractivity (Wildman–Crippen MR) is 257 cm³/mol. The second-order valence-electron chi connectivity index (χ2n) is 15.9. The smallest absolute Gasteiger partial charge is 0.0788 e. The molecule has 0 bridgehead atoms. The van der Waals surface area contributed by atoms with Crippen molar-refractivity contribution in [2.45, 2.75) is 6.92 Å². The van der Waals surface area contributed by atoms with E-state index < -0.39 is 0 Å². The van der Waals surface area contributed by atoms with Gasteiger partial charge in [-0.05, 0) is 110 Å². The Balaban J connectivity index is 1.06. The molecule has 0 spiro atoms. The molecular weight excluding hydrogens is 741 g/mol. The maximum absolute atomic E-state index is 2.46. The van der Waals surface area contributed by atoms with Crippen molar-refractivity contribution in [3.63, 3.8) is 0 Å². The first kappa shape index (κ1) is 34.9. The van der Waals surface area contributed by atoms with E-state index in [2.05, 4.69) is 250 Å². The number of hydrogen-bond donors (Lipinski definition) is 0. The summed E-state index contributed by atoms with van der Waals surface area (Å²) in [5.74, 6) is 0. The molecule has 61 heavy (non-hydrogen) atoms. The van der Waals surface area contributed by atoms with Crippen molar-refractivity contribution >= 4 is 71.6 Å². The summed E-state index contributed by atoms with van der Waals surface area (Å²) in [6.45, 7) is 2.14. The van der Waals surface area contributed by atoms with Gasteiger partial charge in [0.15, 0.2) is 0 Å². The van der Waals surface area contributed by atoms with E-state index in [4.69, 9.17) is 0 Å². The zero-order valence-corrected chi connectivity index (χ0v) is 33.7. The average molecular weight is 781 g/mol. The van der Waals surface area contributed by atoms with Gasteiger partial charge < -0.3 is 18.6 Å². The molecule has 288 valence electrons. The fourth-order valence-corrected chi connectivity index (χ4v) is 9.52. The van der Waals surface area contributed by atoms with Crippen molar-refractivity contribution in [1.82, 2.24) is 13.7 Å². The normalized spacial score (nSPS) is 11.7. The van der Waals surface area contributed by atoms with Gasteiger partial charge in [-0.3, -0.25) is 0 Å². The molecule has 0 saturated carbocycles. The molecule has 0 aliphatic heterocycles. The third kappa shape index (κ3) is 5.61. The van der Waals surface area contributed by atoms with E-state index in [0.29, 0.717) is 0 Å². The Bertz CT molecular complexity index is 3560. The van der Waals surface area contributed by atoms with E-state index >= 15 is 0 Å². The summed E-state index contributed by atoms with van der Waals surface area (Å²) in [5, 5.41) is 6.11. The molecule has 0 aliphatic rings. The molecule has 0 amide bonds. The Morgan fingerprint density at radius 2 is 0.852 bits per heavy atom. The highest BCUT2D eigenvalue weighted by Gasteiger charge is 2.22. The summed E-state index contributed by atoms with van der Waals surface area (Å²) in [7, 11) is 0. The number of para-hydroxylation sites is 4. The second kappa shape index (κ2) is 14.0. The zero-order chi connectivity index (χ0) is 40.4. The topological polar surface area (TPSA) is 18.0 Å². The summed E-state index contributed by atoms with van der Waals surface area (Å²) < 4.78 is 7.29. The molecule has 9 aromatic carbocycles. The number of hydrogen-bond acceptors (Lipinski definition) is 1.